The van der Waals surface area contributed by atoms with E-state index in [1.165, 1.54) is 12.8 Å². The van der Waals surface area contributed by atoms with Gasteiger partial charge in [-0.25, -0.2) is 0 Å². The third kappa shape index (κ3) is 4.32. The van der Waals surface area contributed by atoms with Crippen molar-refractivity contribution >= 4 is 11.4 Å². The average molecular weight is 293 g/mol. The average Bonchev–Trinajstić information content (AvgIpc) is 2.98. The maximum atomic E-state index is 11.3. The monoisotopic (exact) mass is 293 g/mol. The van der Waals surface area contributed by atoms with Crippen molar-refractivity contribution in [3.63, 3.8) is 0 Å². The molecule has 1 saturated heterocycles. The minimum atomic E-state index is -0.372. The first-order valence-corrected chi connectivity index (χ1v) is 7.58. The first kappa shape index (κ1) is 15.6. The summed E-state index contributed by atoms with van der Waals surface area (Å²) in [6.45, 7) is 6.24. The van der Waals surface area contributed by atoms with Gasteiger partial charge in [0.05, 0.1) is 4.92 Å². The molecule has 0 saturated carbocycles. The summed E-state index contributed by atoms with van der Waals surface area (Å²) < 4.78 is 5.66. The molecule has 0 aliphatic carbocycles. The molecule has 1 aliphatic heterocycles. The molecule has 1 aromatic rings. The predicted octanol–water partition coefficient (Wildman–Crippen LogP) is 2.89. The Bertz CT molecular complexity index is 473. The summed E-state index contributed by atoms with van der Waals surface area (Å²) in [7, 11) is 0. The largest absolute Gasteiger partial charge is 0.485 e. The predicted molar refractivity (Wildman–Crippen MR) is 83.0 cm³/mol. The van der Waals surface area contributed by atoms with Crippen LogP contribution >= 0.6 is 0 Å². The smallest absolute Gasteiger partial charge is 0.333 e. The number of nitro groups is 1. The number of nitrogens with one attached hydrogen (secondary N) is 1. The van der Waals surface area contributed by atoms with Gasteiger partial charge < -0.3 is 10.1 Å². The molecule has 116 valence electrons. The number of hydrogen-bond donors (Lipinski definition) is 1. The van der Waals surface area contributed by atoms with E-state index in [1.54, 1.807) is 18.2 Å². The maximum Gasteiger partial charge on any atom is 0.333 e. The Labute approximate surface area is 125 Å². The highest BCUT2D eigenvalue weighted by atomic mass is 16.6. The van der Waals surface area contributed by atoms with Crippen LogP contribution in [-0.4, -0.2) is 42.6 Å². The molecule has 0 amide bonds. The molecule has 1 heterocycles. The van der Waals surface area contributed by atoms with Crippen LogP contribution in [0.3, 0.4) is 0 Å². The van der Waals surface area contributed by atoms with Gasteiger partial charge in [0, 0.05) is 13.1 Å². The number of hydrogen-bond acceptors (Lipinski definition) is 5. The van der Waals surface area contributed by atoms with Gasteiger partial charge in [0.1, 0.15) is 12.3 Å². The number of ether oxygens (including phenoxy) is 1. The third-order valence-corrected chi connectivity index (χ3v) is 3.61. The quantitative estimate of drug-likeness (QED) is 0.589. The van der Waals surface area contributed by atoms with Crippen LogP contribution in [0.5, 0.6) is 5.75 Å². The van der Waals surface area contributed by atoms with Gasteiger partial charge in [-0.05, 0) is 44.5 Å². The van der Waals surface area contributed by atoms with Gasteiger partial charge in [0.15, 0.2) is 5.75 Å². The van der Waals surface area contributed by atoms with Gasteiger partial charge in [-0.15, -0.1) is 0 Å². The molecule has 6 nitrogen and oxygen atoms in total. The van der Waals surface area contributed by atoms with E-state index in [-0.39, 0.29) is 10.6 Å². The molecular formula is C15H23N3O3. The van der Waals surface area contributed by atoms with Crippen molar-refractivity contribution in [1.29, 1.82) is 0 Å². The Hall–Kier alpha value is -1.82. The van der Waals surface area contributed by atoms with Gasteiger partial charge in [-0.3, -0.25) is 15.0 Å². The molecule has 2 rings (SSSR count). The van der Waals surface area contributed by atoms with Crippen molar-refractivity contribution in [3.8, 4) is 5.75 Å². The second kappa shape index (κ2) is 7.83. The summed E-state index contributed by atoms with van der Waals surface area (Å²) >= 11 is 0. The molecule has 1 aromatic carbocycles. The van der Waals surface area contributed by atoms with Crippen LogP contribution in [0.15, 0.2) is 18.2 Å². The Morgan fingerprint density at radius 2 is 2.14 bits per heavy atom. The number of para-hydroxylation sites is 1. The molecule has 1 N–H and O–H groups in total. The summed E-state index contributed by atoms with van der Waals surface area (Å²) in [5.41, 5.74) is 0.563. The fraction of sp³-hybridized carbons (Fsp3) is 0.600. The van der Waals surface area contributed by atoms with Gasteiger partial charge in [0.25, 0.3) is 0 Å². The zero-order chi connectivity index (χ0) is 15.1. The van der Waals surface area contributed by atoms with Crippen molar-refractivity contribution < 1.29 is 9.66 Å². The lowest BCUT2D eigenvalue weighted by Crippen LogP contribution is -2.25. The molecule has 0 unspecified atom stereocenters. The molecule has 0 atom stereocenters. The molecule has 0 spiro atoms. The summed E-state index contributed by atoms with van der Waals surface area (Å²) in [5, 5.41) is 14.4. The highest BCUT2D eigenvalue weighted by molar-refractivity contribution is 5.68. The summed E-state index contributed by atoms with van der Waals surface area (Å²) in [6.07, 6.45) is 3.38. The van der Waals surface area contributed by atoms with Crippen molar-refractivity contribution in [3.05, 3.63) is 28.3 Å². The Morgan fingerprint density at radius 3 is 2.81 bits per heavy atom. The second-order valence-corrected chi connectivity index (χ2v) is 5.23. The number of nitrogens with zero attached hydrogens (tertiary/aromatic N) is 2. The molecule has 21 heavy (non-hydrogen) atoms. The van der Waals surface area contributed by atoms with Crippen molar-refractivity contribution in [2.75, 3.05) is 38.1 Å². The lowest BCUT2D eigenvalue weighted by atomic mass is 10.2. The molecule has 0 aromatic heterocycles. The van der Waals surface area contributed by atoms with Crippen molar-refractivity contribution in [2.45, 2.75) is 26.2 Å². The molecule has 0 bridgehead atoms. The van der Waals surface area contributed by atoms with Gasteiger partial charge in [-0.2, -0.15) is 0 Å². The van der Waals surface area contributed by atoms with E-state index >= 15 is 0 Å². The van der Waals surface area contributed by atoms with E-state index in [2.05, 4.69) is 10.2 Å². The van der Waals surface area contributed by atoms with Crippen LogP contribution in [0.25, 0.3) is 0 Å². The third-order valence-electron chi connectivity index (χ3n) is 3.61. The van der Waals surface area contributed by atoms with Gasteiger partial charge in [0.2, 0.25) is 0 Å². The van der Waals surface area contributed by atoms with Gasteiger partial charge in [-0.1, -0.05) is 13.0 Å². The lowest BCUT2D eigenvalue weighted by Gasteiger charge is -2.15. The standard InChI is InChI=1S/C15H23N3O3/c1-2-8-16-13-6-5-7-14(15(13)18(19)20)21-12-11-17-9-3-4-10-17/h5-7,16H,2-4,8-12H2,1H3. The van der Waals surface area contributed by atoms with Gasteiger partial charge >= 0.3 is 5.69 Å². The van der Waals surface area contributed by atoms with E-state index in [1.807, 2.05) is 6.92 Å². The first-order chi connectivity index (χ1) is 10.2. The minimum Gasteiger partial charge on any atom is -0.485 e. The molecule has 1 fully saturated rings. The summed E-state index contributed by atoms with van der Waals surface area (Å²) in [4.78, 5) is 13.3. The number of rotatable bonds is 8. The van der Waals surface area contributed by atoms with E-state index in [0.717, 1.165) is 26.1 Å². The number of nitro benzene ring substituents is 1. The van der Waals surface area contributed by atoms with E-state index in [9.17, 15) is 10.1 Å². The van der Waals surface area contributed by atoms with Crippen LogP contribution in [0.1, 0.15) is 26.2 Å². The maximum absolute atomic E-state index is 11.3. The normalized spacial score (nSPS) is 15.1. The van der Waals surface area contributed by atoms with E-state index < -0.39 is 0 Å². The minimum absolute atomic E-state index is 0.0346. The Morgan fingerprint density at radius 1 is 1.38 bits per heavy atom. The highest BCUT2D eigenvalue weighted by Crippen LogP contribution is 2.34. The fourth-order valence-corrected chi connectivity index (χ4v) is 2.52. The van der Waals surface area contributed by atoms with E-state index in [0.29, 0.717) is 24.6 Å². The number of anilines is 1. The number of benzene rings is 1. The van der Waals surface area contributed by atoms with Crippen LogP contribution in [0.4, 0.5) is 11.4 Å². The van der Waals surface area contributed by atoms with Crippen LogP contribution in [-0.2, 0) is 0 Å². The topological polar surface area (TPSA) is 67.6 Å². The first-order valence-electron chi connectivity index (χ1n) is 7.58. The summed E-state index contributed by atoms with van der Waals surface area (Å²) in [6, 6.07) is 5.18. The number of likely N-dealkylation sites (tertiary alicyclic amines) is 1. The summed E-state index contributed by atoms with van der Waals surface area (Å²) in [5.74, 6) is 0.348. The second-order valence-electron chi connectivity index (χ2n) is 5.23. The molecule has 0 radical (unpaired) electrons. The zero-order valence-corrected chi connectivity index (χ0v) is 12.5. The van der Waals surface area contributed by atoms with Crippen LogP contribution in [0.2, 0.25) is 0 Å². The lowest BCUT2D eigenvalue weighted by molar-refractivity contribution is -0.385. The van der Waals surface area contributed by atoms with Crippen molar-refractivity contribution in [1.82, 2.24) is 4.90 Å². The molecular weight excluding hydrogens is 270 g/mol. The Balaban J connectivity index is 2.01. The van der Waals surface area contributed by atoms with Crippen molar-refractivity contribution in [2.24, 2.45) is 0 Å². The highest BCUT2D eigenvalue weighted by Gasteiger charge is 2.21. The zero-order valence-electron chi connectivity index (χ0n) is 12.5. The molecule has 1 aliphatic rings. The van der Waals surface area contributed by atoms with E-state index in [4.69, 9.17) is 4.74 Å². The fourth-order valence-electron chi connectivity index (χ4n) is 2.52. The SMILES string of the molecule is CCCNc1cccc(OCCN2CCCC2)c1[N+](=O)[O-]. The van der Waals surface area contributed by atoms with Crippen LogP contribution < -0.4 is 10.1 Å². The van der Waals surface area contributed by atoms with Crippen LogP contribution in [0, 0.1) is 10.1 Å². The Kier molecular flexibility index (Phi) is 5.80. The molecule has 6 heteroatoms.